The molecule has 4 rings (SSSR count). The zero-order valence-corrected chi connectivity index (χ0v) is 14.8. The molecule has 1 aromatic heterocycles. The monoisotopic (exact) mass is 363 g/mol. The van der Waals surface area contributed by atoms with Crippen LogP contribution in [0.3, 0.4) is 0 Å². The van der Waals surface area contributed by atoms with Crippen LogP contribution >= 0.6 is 0 Å². The Labute approximate surface area is 155 Å². The Bertz CT molecular complexity index is 1060. The molecule has 0 radical (unpaired) electrons. The van der Waals surface area contributed by atoms with Crippen LogP contribution in [0.2, 0.25) is 0 Å². The summed E-state index contributed by atoms with van der Waals surface area (Å²) in [6.07, 6.45) is 0.792. The fourth-order valence-electron chi connectivity index (χ4n) is 3.49. The summed E-state index contributed by atoms with van der Waals surface area (Å²) >= 11 is 0. The first-order valence-electron chi connectivity index (χ1n) is 8.77. The Morgan fingerprint density at radius 3 is 2.63 bits per heavy atom. The van der Waals surface area contributed by atoms with E-state index in [1.54, 1.807) is 23.1 Å². The molecule has 5 nitrogen and oxygen atoms in total. The number of para-hydroxylation sites is 1. The van der Waals surface area contributed by atoms with Crippen molar-refractivity contribution in [1.82, 2.24) is 9.78 Å². The van der Waals surface area contributed by atoms with E-state index >= 15 is 0 Å². The van der Waals surface area contributed by atoms with Gasteiger partial charge in [-0.3, -0.25) is 9.59 Å². The van der Waals surface area contributed by atoms with Crippen LogP contribution in [-0.2, 0) is 17.8 Å². The molecule has 136 valence electrons. The number of hydrogen-bond donors (Lipinski definition) is 0. The summed E-state index contributed by atoms with van der Waals surface area (Å²) in [5.41, 5.74) is 2.85. The molecule has 3 aromatic rings. The molecular formula is C21H18FN3O2. The molecule has 1 aliphatic heterocycles. The van der Waals surface area contributed by atoms with Gasteiger partial charge in [0, 0.05) is 23.4 Å². The highest BCUT2D eigenvalue weighted by molar-refractivity contribution is 5.96. The van der Waals surface area contributed by atoms with Crippen LogP contribution in [0.5, 0.6) is 0 Å². The summed E-state index contributed by atoms with van der Waals surface area (Å²) in [4.78, 5) is 26.8. The average Bonchev–Trinajstić information content (AvgIpc) is 3.00. The van der Waals surface area contributed by atoms with Crippen molar-refractivity contribution in [1.29, 1.82) is 0 Å². The number of hydrogen-bond acceptors (Lipinski definition) is 3. The Balaban J connectivity index is 1.63. The molecule has 2 heterocycles. The van der Waals surface area contributed by atoms with E-state index in [-0.39, 0.29) is 29.9 Å². The third-order valence-corrected chi connectivity index (χ3v) is 4.77. The summed E-state index contributed by atoms with van der Waals surface area (Å²) in [5, 5.41) is 4.30. The van der Waals surface area contributed by atoms with E-state index in [0.717, 1.165) is 22.4 Å². The maximum atomic E-state index is 13.1. The molecule has 0 bridgehead atoms. The van der Waals surface area contributed by atoms with Crippen molar-refractivity contribution in [3.8, 4) is 11.3 Å². The lowest BCUT2D eigenvalue weighted by atomic mass is 10.1. The number of amides is 1. The fourth-order valence-corrected chi connectivity index (χ4v) is 3.49. The lowest BCUT2D eigenvalue weighted by molar-refractivity contribution is -0.119. The van der Waals surface area contributed by atoms with Gasteiger partial charge in [0.05, 0.1) is 5.69 Å². The Morgan fingerprint density at radius 2 is 1.85 bits per heavy atom. The van der Waals surface area contributed by atoms with Gasteiger partial charge in [-0.1, -0.05) is 18.2 Å². The maximum Gasteiger partial charge on any atom is 0.267 e. The number of rotatable bonds is 3. The normalized spacial score (nSPS) is 15.6. The van der Waals surface area contributed by atoms with Crippen molar-refractivity contribution in [3.63, 3.8) is 0 Å². The second-order valence-electron chi connectivity index (χ2n) is 6.67. The maximum absolute atomic E-state index is 13.1. The molecule has 0 fully saturated rings. The van der Waals surface area contributed by atoms with E-state index in [2.05, 4.69) is 5.10 Å². The zero-order valence-electron chi connectivity index (χ0n) is 14.8. The number of aromatic nitrogens is 2. The van der Waals surface area contributed by atoms with Gasteiger partial charge in [-0.05, 0) is 55.3 Å². The van der Waals surface area contributed by atoms with E-state index in [9.17, 15) is 14.0 Å². The lowest BCUT2D eigenvalue weighted by Crippen LogP contribution is -2.40. The second-order valence-corrected chi connectivity index (χ2v) is 6.67. The molecule has 0 saturated carbocycles. The standard InChI is InChI=1S/C21H18FN3O2/c1-14-12-16-4-2-3-5-19(16)25(14)21(27)13-24-20(26)11-10-18(23-24)15-6-8-17(22)9-7-15/h2-11,14H,12-13H2,1H3. The smallest absolute Gasteiger partial charge is 0.267 e. The molecule has 27 heavy (non-hydrogen) atoms. The molecule has 1 unspecified atom stereocenters. The first kappa shape index (κ1) is 17.1. The predicted molar refractivity (Wildman–Crippen MR) is 101 cm³/mol. The molecule has 0 N–H and O–H groups in total. The average molecular weight is 363 g/mol. The topological polar surface area (TPSA) is 55.2 Å². The van der Waals surface area contributed by atoms with Crippen LogP contribution in [0.15, 0.2) is 65.5 Å². The first-order chi connectivity index (χ1) is 13.0. The molecule has 1 amide bonds. The van der Waals surface area contributed by atoms with Gasteiger partial charge in [0.25, 0.3) is 5.56 Å². The minimum absolute atomic E-state index is 0.0332. The molecule has 6 heteroatoms. The van der Waals surface area contributed by atoms with Crippen molar-refractivity contribution >= 4 is 11.6 Å². The number of benzene rings is 2. The van der Waals surface area contributed by atoms with E-state index < -0.39 is 0 Å². The highest BCUT2D eigenvalue weighted by Crippen LogP contribution is 2.31. The number of carbonyl (C=O) groups excluding carboxylic acids is 1. The minimum atomic E-state index is -0.352. The molecule has 0 saturated heterocycles. The van der Waals surface area contributed by atoms with E-state index in [4.69, 9.17) is 0 Å². The van der Waals surface area contributed by atoms with Gasteiger partial charge in [0.2, 0.25) is 5.91 Å². The van der Waals surface area contributed by atoms with Gasteiger partial charge in [-0.15, -0.1) is 0 Å². The van der Waals surface area contributed by atoms with Crippen molar-refractivity contribution in [3.05, 3.63) is 82.4 Å². The van der Waals surface area contributed by atoms with Crippen molar-refractivity contribution in [2.45, 2.75) is 25.9 Å². The summed E-state index contributed by atoms with van der Waals surface area (Å²) in [6.45, 7) is 1.84. The fraction of sp³-hybridized carbons (Fsp3) is 0.190. The summed E-state index contributed by atoms with van der Waals surface area (Å²) in [6, 6.07) is 16.6. The van der Waals surface area contributed by atoms with Gasteiger partial charge in [0.1, 0.15) is 12.4 Å². The van der Waals surface area contributed by atoms with Crippen LogP contribution < -0.4 is 10.5 Å². The van der Waals surface area contributed by atoms with E-state index in [0.29, 0.717) is 11.3 Å². The predicted octanol–water partition coefficient (Wildman–Crippen LogP) is 3.03. The third kappa shape index (κ3) is 3.26. The number of carbonyl (C=O) groups is 1. The lowest BCUT2D eigenvalue weighted by Gasteiger charge is -2.23. The van der Waals surface area contributed by atoms with Gasteiger partial charge in [-0.25, -0.2) is 9.07 Å². The molecule has 2 aromatic carbocycles. The first-order valence-corrected chi connectivity index (χ1v) is 8.77. The molecule has 1 atom stereocenters. The summed E-state index contributed by atoms with van der Waals surface area (Å²) in [5.74, 6) is -0.526. The highest BCUT2D eigenvalue weighted by Gasteiger charge is 2.30. The van der Waals surface area contributed by atoms with Crippen molar-refractivity contribution in [2.24, 2.45) is 0 Å². The SMILES string of the molecule is CC1Cc2ccccc2N1C(=O)Cn1nc(-c2ccc(F)cc2)ccc1=O. The Morgan fingerprint density at radius 1 is 1.11 bits per heavy atom. The van der Waals surface area contributed by atoms with Gasteiger partial charge >= 0.3 is 0 Å². The van der Waals surface area contributed by atoms with E-state index in [1.165, 1.54) is 18.2 Å². The number of halogens is 1. The Hall–Kier alpha value is -3.28. The highest BCUT2D eigenvalue weighted by atomic mass is 19.1. The van der Waals surface area contributed by atoms with Crippen molar-refractivity contribution in [2.75, 3.05) is 4.90 Å². The zero-order chi connectivity index (χ0) is 19.0. The quantitative estimate of drug-likeness (QED) is 0.719. The number of fused-ring (bicyclic) bond motifs is 1. The number of nitrogens with zero attached hydrogens (tertiary/aromatic N) is 3. The van der Waals surface area contributed by atoms with Gasteiger partial charge < -0.3 is 4.90 Å². The summed E-state index contributed by atoms with van der Waals surface area (Å²) < 4.78 is 14.3. The molecule has 0 aliphatic carbocycles. The van der Waals surface area contributed by atoms with E-state index in [1.807, 2.05) is 31.2 Å². The number of anilines is 1. The minimum Gasteiger partial charge on any atom is -0.307 e. The third-order valence-electron chi connectivity index (χ3n) is 4.77. The second kappa shape index (κ2) is 6.79. The van der Waals surface area contributed by atoms with Crippen molar-refractivity contribution < 1.29 is 9.18 Å². The summed E-state index contributed by atoms with van der Waals surface area (Å²) in [7, 11) is 0. The van der Waals surface area contributed by atoms with Gasteiger partial charge in [0.15, 0.2) is 0 Å². The van der Waals surface area contributed by atoms with Crippen LogP contribution in [0, 0.1) is 5.82 Å². The van der Waals surface area contributed by atoms with Crippen LogP contribution in [-0.4, -0.2) is 21.7 Å². The largest absolute Gasteiger partial charge is 0.307 e. The van der Waals surface area contributed by atoms with Crippen LogP contribution in [0.1, 0.15) is 12.5 Å². The molecule has 0 spiro atoms. The molecule has 1 aliphatic rings. The van der Waals surface area contributed by atoms with Crippen LogP contribution in [0.25, 0.3) is 11.3 Å². The van der Waals surface area contributed by atoms with Crippen LogP contribution in [0.4, 0.5) is 10.1 Å². The molecular weight excluding hydrogens is 345 g/mol. The van der Waals surface area contributed by atoms with Gasteiger partial charge in [-0.2, -0.15) is 5.10 Å². The Kier molecular flexibility index (Phi) is 4.32.